The number of ether oxygens (including phenoxy) is 1. The maximum atomic E-state index is 5.98. The fourth-order valence-electron chi connectivity index (χ4n) is 2.31. The molecular formula is C19H30O. The maximum absolute atomic E-state index is 5.98. The molecule has 0 aliphatic carbocycles. The quantitative estimate of drug-likeness (QED) is 0.496. The summed E-state index contributed by atoms with van der Waals surface area (Å²) in [5.41, 5.74) is 3.82. The molecular weight excluding hydrogens is 244 g/mol. The van der Waals surface area contributed by atoms with Crippen LogP contribution in [0.25, 0.3) is 6.08 Å². The molecule has 0 unspecified atom stereocenters. The predicted octanol–water partition coefficient (Wildman–Crippen LogP) is 6.08. The van der Waals surface area contributed by atoms with E-state index in [-0.39, 0.29) is 0 Å². The summed E-state index contributed by atoms with van der Waals surface area (Å²) < 4.78 is 5.98. The van der Waals surface area contributed by atoms with Crippen LogP contribution < -0.4 is 4.74 Å². The highest BCUT2D eigenvalue weighted by Crippen LogP contribution is 2.25. The smallest absolute Gasteiger partial charge is 0.126 e. The Labute approximate surface area is 125 Å². The van der Waals surface area contributed by atoms with Crippen molar-refractivity contribution in [3.8, 4) is 5.75 Å². The van der Waals surface area contributed by atoms with Crippen LogP contribution in [0.5, 0.6) is 5.75 Å². The molecule has 1 aromatic rings. The van der Waals surface area contributed by atoms with E-state index in [1.165, 1.54) is 48.8 Å². The Morgan fingerprint density at radius 1 is 0.950 bits per heavy atom. The summed E-state index contributed by atoms with van der Waals surface area (Å²) in [5, 5.41) is 0. The van der Waals surface area contributed by atoms with Crippen molar-refractivity contribution in [2.45, 2.75) is 66.2 Å². The molecule has 0 N–H and O–H groups in total. The first-order valence-corrected chi connectivity index (χ1v) is 8.05. The fourth-order valence-corrected chi connectivity index (χ4v) is 2.31. The fraction of sp³-hybridized carbons (Fsp3) is 0.579. The number of aryl methyl sites for hydroxylation is 2. The van der Waals surface area contributed by atoms with Gasteiger partial charge in [0.15, 0.2) is 0 Å². The summed E-state index contributed by atoms with van der Waals surface area (Å²) >= 11 is 0. The molecule has 0 aromatic heterocycles. The van der Waals surface area contributed by atoms with Crippen LogP contribution in [0.15, 0.2) is 18.2 Å². The molecule has 0 heterocycles. The molecule has 0 bridgehead atoms. The topological polar surface area (TPSA) is 9.23 Å². The Bertz CT molecular complexity index is 418. The van der Waals surface area contributed by atoms with Gasteiger partial charge < -0.3 is 4.74 Å². The van der Waals surface area contributed by atoms with Crippen LogP contribution in [0.4, 0.5) is 0 Å². The minimum absolute atomic E-state index is 0.833. The van der Waals surface area contributed by atoms with Gasteiger partial charge in [-0.1, -0.05) is 51.2 Å². The van der Waals surface area contributed by atoms with Gasteiger partial charge in [-0.15, -0.1) is 0 Å². The van der Waals surface area contributed by atoms with Gasteiger partial charge in [-0.25, -0.2) is 0 Å². The molecule has 0 aliphatic rings. The molecule has 1 nitrogen and oxygen atoms in total. The molecule has 0 aliphatic heterocycles. The van der Waals surface area contributed by atoms with Gasteiger partial charge in [0.2, 0.25) is 0 Å². The number of benzene rings is 1. The predicted molar refractivity (Wildman–Crippen MR) is 89.5 cm³/mol. The summed E-state index contributed by atoms with van der Waals surface area (Å²) in [4.78, 5) is 0. The van der Waals surface area contributed by atoms with Gasteiger partial charge in [-0.3, -0.25) is 0 Å². The van der Waals surface area contributed by atoms with E-state index in [4.69, 9.17) is 4.74 Å². The number of unbranched alkanes of at least 4 members (excludes halogenated alkanes) is 5. The molecule has 112 valence electrons. The second-order valence-electron chi connectivity index (χ2n) is 5.59. The highest BCUT2D eigenvalue weighted by molar-refractivity contribution is 5.59. The van der Waals surface area contributed by atoms with Crippen LogP contribution in [0.1, 0.15) is 69.1 Å². The first kappa shape index (κ1) is 16.8. The number of allylic oxidation sites excluding steroid dienone is 1. The first-order valence-electron chi connectivity index (χ1n) is 8.05. The van der Waals surface area contributed by atoms with Gasteiger partial charge in [-0.2, -0.15) is 0 Å². The van der Waals surface area contributed by atoms with Crippen molar-refractivity contribution in [3.63, 3.8) is 0 Å². The Morgan fingerprint density at radius 3 is 2.30 bits per heavy atom. The third kappa shape index (κ3) is 5.81. The van der Waals surface area contributed by atoms with Crippen molar-refractivity contribution in [2.75, 3.05) is 6.61 Å². The van der Waals surface area contributed by atoms with Gasteiger partial charge in [-0.05, 0) is 50.5 Å². The van der Waals surface area contributed by atoms with Crippen LogP contribution in [0, 0.1) is 13.8 Å². The van der Waals surface area contributed by atoms with Crippen LogP contribution in [0.3, 0.4) is 0 Å². The maximum Gasteiger partial charge on any atom is 0.126 e. The molecule has 1 aromatic carbocycles. The summed E-state index contributed by atoms with van der Waals surface area (Å²) in [6.45, 7) is 9.43. The van der Waals surface area contributed by atoms with Crippen molar-refractivity contribution >= 4 is 6.08 Å². The van der Waals surface area contributed by atoms with Crippen molar-refractivity contribution < 1.29 is 4.74 Å². The lowest BCUT2D eigenvalue weighted by Gasteiger charge is -2.12. The highest BCUT2D eigenvalue weighted by Gasteiger charge is 2.04. The summed E-state index contributed by atoms with van der Waals surface area (Å²) in [6.07, 6.45) is 12.0. The van der Waals surface area contributed by atoms with E-state index in [2.05, 4.69) is 45.1 Å². The van der Waals surface area contributed by atoms with Gasteiger partial charge in [0, 0.05) is 5.56 Å². The minimum atomic E-state index is 0.833. The standard InChI is InChI=1S/C19H30O/c1-5-7-8-9-10-11-13-20-19-15-17(4)16(3)14-18(19)12-6-2/h6,12,14-15H,5,7-11,13H2,1-4H3/b12-6+. The van der Waals surface area contributed by atoms with E-state index in [9.17, 15) is 0 Å². The second-order valence-corrected chi connectivity index (χ2v) is 5.59. The monoisotopic (exact) mass is 274 g/mol. The highest BCUT2D eigenvalue weighted by atomic mass is 16.5. The van der Waals surface area contributed by atoms with Crippen LogP contribution in [-0.4, -0.2) is 6.61 Å². The lowest BCUT2D eigenvalue weighted by Crippen LogP contribution is -2.00. The van der Waals surface area contributed by atoms with Gasteiger partial charge in [0.25, 0.3) is 0 Å². The first-order chi connectivity index (χ1) is 9.69. The number of rotatable bonds is 9. The normalized spacial score (nSPS) is 11.2. The number of hydrogen-bond donors (Lipinski definition) is 0. The molecule has 0 fully saturated rings. The lowest BCUT2D eigenvalue weighted by atomic mass is 10.0. The lowest BCUT2D eigenvalue weighted by molar-refractivity contribution is 0.303. The average Bonchev–Trinajstić information content (AvgIpc) is 2.43. The van der Waals surface area contributed by atoms with Gasteiger partial charge in [0.05, 0.1) is 6.61 Å². The molecule has 0 amide bonds. The minimum Gasteiger partial charge on any atom is -0.493 e. The zero-order valence-corrected chi connectivity index (χ0v) is 13.7. The molecule has 1 rings (SSSR count). The second kappa shape index (κ2) is 9.63. The molecule has 0 radical (unpaired) electrons. The van der Waals surface area contributed by atoms with Crippen molar-refractivity contribution in [3.05, 3.63) is 34.9 Å². The van der Waals surface area contributed by atoms with Crippen molar-refractivity contribution in [2.24, 2.45) is 0 Å². The van der Waals surface area contributed by atoms with Crippen LogP contribution in [0.2, 0.25) is 0 Å². The van der Waals surface area contributed by atoms with Crippen molar-refractivity contribution in [1.29, 1.82) is 0 Å². The third-order valence-corrected chi connectivity index (χ3v) is 3.73. The van der Waals surface area contributed by atoms with E-state index >= 15 is 0 Å². The SMILES string of the molecule is C/C=C/c1cc(C)c(C)cc1OCCCCCCCC. The van der Waals surface area contributed by atoms with Gasteiger partial charge in [0.1, 0.15) is 5.75 Å². The molecule has 0 saturated heterocycles. The largest absolute Gasteiger partial charge is 0.493 e. The van der Waals surface area contributed by atoms with Crippen molar-refractivity contribution in [1.82, 2.24) is 0 Å². The summed E-state index contributed by atoms with van der Waals surface area (Å²) in [6, 6.07) is 4.38. The number of hydrogen-bond acceptors (Lipinski definition) is 1. The Kier molecular flexibility index (Phi) is 8.10. The van der Waals surface area contributed by atoms with Crippen LogP contribution >= 0.6 is 0 Å². The Morgan fingerprint density at radius 2 is 1.60 bits per heavy atom. The summed E-state index contributed by atoms with van der Waals surface area (Å²) in [7, 11) is 0. The van der Waals surface area contributed by atoms with E-state index in [0.717, 1.165) is 18.8 Å². The summed E-state index contributed by atoms with van der Waals surface area (Å²) in [5.74, 6) is 1.03. The zero-order chi connectivity index (χ0) is 14.8. The Hall–Kier alpha value is -1.24. The average molecular weight is 274 g/mol. The molecule has 1 heteroatoms. The zero-order valence-electron chi connectivity index (χ0n) is 13.7. The molecule has 0 saturated carbocycles. The molecule has 0 atom stereocenters. The van der Waals surface area contributed by atoms with E-state index in [1.54, 1.807) is 0 Å². The van der Waals surface area contributed by atoms with Gasteiger partial charge >= 0.3 is 0 Å². The van der Waals surface area contributed by atoms with Crippen LogP contribution in [-0.2, 0) is 0 Å². The third-order valence-electron chi connectivity index (χ3n) is 3.73. The molecule has 0 spiro atoms. The molecule has 20 heavy (non-hydrogen) atoms. The van der Waals surface area contributed by atoms with E-state index in [1.807, 2.05) is 6.92 Å². The van der Waals surface area contributed by atoms with E-state index < -0.39 is 0 Å². The van der Waals surface area contributed by atoms with E-state index in [0.29, 0.717) is 0 Å². The Balaban J connectivity index is 2.44.